The molecule has 1 aromatic heterocycles. The summed E-state index contributed by atoms with van der Waals surface area (Å²) in [5, 5.41) is 4.00. The van der Waals surface area contributed by atoms with Gasteiger partial charge >= 0.3 is 0 Å². The van der Waals surface area contributed by atoms with E-state index in [1.165, 1.54) is 0 Å². The van der Waals surface area contributed by atoms with Crippen molar-refractivity contribution in [2.24, 2.45) is 5.73 Å². The lowest BCUT2D eigenvalue weighted by molar-refractivity contribution is 0.264. The van der Waals surface area contributed by atoms with Crippen LogP contribution in [0.1, 0.15) is 38.9 Å². The topological polar surface area (TPSA) is 68.2 Å². The van der Waals surface area contributed by atoms with E-state index in [2.05, 4.69) is 35.8 Å². The van der Waals surface area contributed by atoms with Crippen molar-refractivity contribution in [2.45, 2.75) is 45.2 Å². The number of hydrogen-bond acceptors (Lipinski definition) is 5. The minimum absolute atomic E-state index is 0. The Morgan fingerprint density at radius 3 is 2.65 bits per heavy atom. The largest absolute Gasteiger partial charge is 0.338 e. The minimum atomic E-state index is -0.0524. The van der Waals surface area contributed by atoms with E-state index in [0.717, 1.165) is 31.9 Å². The van der Waals surface area contributed by atoms with Crippen molar-refractivity contribution in [3.8, 4) is 0 Å². The van der Waals surface area contributed by atoms with E-state index in [9.17, 15) is 0 Å². The maximum atomic E-state index is 5.84. The van der Waals surface area contributed by atoms with Gasteiger partial charge in [-0.1, -0.05) is 25.9 Å². The van der Waals surface area contributed by atoms with E-state index in [0.29, 0.717) is 11.9 Å². The molecule has 5 nitrogen and oxygen atoms in total. The SMILES string of the molecule is CC(C)(C)c1noc(CN2CC[C@@H](N)C2)n1.Cl. The molecule has 1 atom stereocenters. The van der Waals surface area contributed by atoms with E-state index < -0.39 is 0 Å². The van der Waals surface area contributed by atoms with Crippen LogP contribution in [0, 0.1) is 0 Å². The number of nitrogens with two attached hydrogens (primary N) is 1. The van der Waals surface area contributed by atoms with Gasteiger partial charge in [0.1, 0.15) is 0 Å². The second-order valence-corrected chi connectivity index (χ2v) is 5.55. The third-order valence-electron chi connectivity index (χ3n) is 2.81. The quantitative estimate of drug-likeness (QED) is 0.869. The molecule has 2 N–H and O–H groups in total. The van der Waals surface area contributed by atoms with Gasteiger partial charge in [-0.25, -0.2) is 0 Å². The Balaban J connectivity index is 0.00000144. The summed E-state index contributed by atoms with van der Waals surface area (Å²) in [4.78, 5) is 6.66. The molecule has 0 radical (unpaired) electrons. The first-order valence-corrected chi connectivity index (χ1v) is 5.76. The van der Waals surface area contributed by atoms with E-state index in [-0.39, 0.29) is 17.8 Å². The fraction of sp³-hybridized carbons (Fsp3) is 0.818. The van der Waals surface area contributed by atoms with Crippen LogP contribution < -0.4 is 5.73 Å². The van der Waals surface area contributed by atoms with Gasteiger partial charge in [0.05, 0.1) is 6.54 Å². The Morgan fingerprint density at radius 2 is 2.18 bits per heavy atom. The zero-order chi connectivity index (χ0) is 11.8. The molecule has 0 unspecified atom stereocenters. The first-order valence-electron chi connectivity index (χ1n) is 5.76. The van der Waals surface area contributed by atoms with Gasteiger partial charge < -0.3 is 10.3 Å². The zero-order valence-corrected chi connectivity index (χ0v) is 11.5. The Morgan fingerprint density at radius 1 is 1.47 bits per heavy atom. The summed E-state index contributed by atoms with van der Waals surface area (Å²) >= 11 is 0. The molecule has 1 aromatic rings. The van der Waals surface area contributed by atoms with Crippen molar-refractivity contribution in [1.29, 1.82) is 0 Å². The van der Waals surface area contributed by atoms with Gasteiger partial charge in [-0.2, -0.15) is 4.98 Å². The van der Waals surface area contributed by atoms with Gasteiger partial charge in [-0.05, 0) is 6.42 Å². The molecule has 1 aliphatic rings. The molecule has 0 bridgehead atoms. The molecule has 6 heteroatoms. The molecule has 0 saturated carbocycles. The molecule has 0 aromatic carbocycles. The number of likely N-dealkylation sites (tertiary alicyclic amines) is 1. The van der Waals surface area contributed by atoms with Gasteiger partial charge in [0.15, 0.2) is 5.82 Å². The van der Waals surface area contributed by atoms with Gasteiger partial charge in [0.2, 0.25) is 5.89 Å². The molecular weight excluding hydrogens is 240 g/mol. The van der Waals surface area contributed by atoms with Crippen LogP contribution in [0.4, 0.5) is 0 Å². The third-order valence-corrected chi connectivity index (χ3v) is 2.81. The predicted octanol–water partition coefficient (Wildman–Crippen LogP) is 1.32. The summed E-state index contributed by atoms with van der Waals surface area (Å²) in [6.45, 7) is 8.90. The van der Waals surface area contributed by atoms with Crippen molar-refractivity contribution >= 4 is 12.4 Å². The number of nitrogens with zero attached hydrogens (tertiary/aromatic N) is 3. The average Bonchev–Trinajstić information content (AvgIpc) is 2.74. The summed E-state index contributed by atoms with van der Waals surface area (Å²) in [5.74, 6) is 1.46. The molecule has 0 spiro atoms. The standard InChI is InChI=1S/C11H20N4O.ClH/c1-11(2,3)10-13-9(16-14-10)7-15-5-4-8(12)6-15;/h8H,4-7,12H2,1-3H3;1H/t8-;/m1./s1. The summed E-state index contributed by atoms with van der Waals surface area (Å²) < 4.78 is 5.24. The molecule has 1 saturated heterocycles. The van der Waals surface area contributed by atoms with Gasteiger partial charge in [-0.15, -0.1) is 12.4 Å². The lowest BCUT2D eigenvalue weighted by Crippen LogP contribution is -2.26. The van der Waals surface area contributed by atoms with Gasteiger partial charge in [0.25, 0.3) is 0 Å². The van der Waals surface area contributed by atoms with Crippen LogP contribution >= 0.6 is 12.4 Å². The number of halogens is 1. The minimum Gasteiger partial charge on any atom is -0.338 e. The van der Waals surface area contributed by atoms with Crippen molar-refractivity contribution in [3.63, 3.8) is 0 Å². The van der Waals surface area contributed by atoms with Crippen LogP contribution in [0.2, 0.25) is 0 Å². The van der Waals surface area contributed by atoms with Crippen molar-refractivity contribution in [2.75, 3.05) is 13.1 Å². The molecule has 0 aliphatic carbocycles. The summed E-state index contributed by atoms with van der Waals surface area (Å²) in [5.41, 5.74) is 5.79. The summed E-state index contributed by atoms with van der Waals surface area (Å²) in [6.07, 6.45) is 1.06. The number of aromatic nitrogens is 2. The predicted molar refractivity (Wildman–Crippen MR) is 68.1 cm³/mol. The van der Waals surface area contributed by atoms with E-state index in [4.69, 9.17) is 10.3 Å². The Kier molecular flexibility index (Phi) is 4.52. The van der Waals surface area contributed by atoms with E-state index in [1.54, 1.807) is 0 Å². The highest BCUT2D eigenvalue weighted by Crippen LogP contribution is 2.19. The molecule has 98 valence electrons. The van der Waals surface area contributed by atoms with Crippen LogP contribution in [-0.2, 0) is 12.0 Å². The molecule has 0 amide bonds. The van der Waals surface area contributed by atoms with Crippen molar-refractivity contribution < 1.29 is 4.52 Å². The molecule has 1 aliphatic heterocycles. The maximum absolute atomic E-state index is 5.84. The van der Waals surface area contributed by atoms with Crippen LogP contribution in [0.15, 0.2) is 4.52 Å². The third kappa shape index (κ3) is 3.66. The highest BCUT2D eigenvalue weighted by Gasteiger charge is 2.24. The highest BCUT2D eigenvalue weighted by molar-refractivity contribution is 5.85. The Hall–Kier alpha value is -0.650. The zero-order valence-electron chi connectivity index (χ0n) is 10.6. The van der Waals surface area contributed by atoms with E-state index >= 15 is 0 Å². The molecule has 2 rings (SSSR count). The summed E-state index contributed by atoms with van der Waals surface area (Å²) in [6, 6.07) is 0.296. The first-order chi connectivity index (χ1) is 7.45. The second-order valence-electron chi connectivity index (χ2n) is 5.55. The molecule has 1 fully saturated rings. The summed E-state index contributed by atoms with van der Waals surface area (Å²) in [7, 11) is 0. The first kappa shape index (κ1) is 14.4. The highest BCUT2D eigenvalue weighted by atomic mass is 35.5. The second kappa shape index (κ2) is 5.33. The van der Waals surface area contributed by atoms with Gasteiger partial charge in [0, 0.05) is 24.5 Å². The fourth-order valence-corrected chi connectivity index (χ4v) is 1.82. The fourth-order valence-electron chi connectivity index (χ4n) is 1.82. The smallest absolute Gasteiger partial charge is 0.240 e. The number of hydrogen-bond donors (Lipinski definition) is 1. The Bertz CT molecular complexity index is 361. The van der Waals surface area contributed by atoms with Crippen LogP contribution in [-0.4, -0.2) is 34.2 Å². The normalized spacial score (nSPS) is 21.5. The van der Waals surface area contributed by atoms with Crippen molar-refractivity contribution in [1.82, 2.24) is 15.0 Å². The Labute approximate surface area is 108 Å². The van der Waals surface area contributed by atoms with Crippen molar-refractivity contribution in [3.05, 3.63) is 11.7 Å². The van der Waals surface area contributed by atoms with Gasteiger partial charge in [-0.3, -0.25) is 4.90 Å². The van der Waals surface area contributed by atoms with Crippen LogP contribution in [0.5, 0.6) is 0 Å². The average molecular weight is 261 g/mol. The molecule has 2 heterocycles. The monoisotopic (exact) mass is 260 g/mol. The van der Waals surface area contributed by atoms with E-state index in [1.807, 2.05) is 0 Å². The lowest BCUT2D eigenvalue weighted by atomic mass is 9.96. The van der Waals surface area contributed by atoms with Crippen LogP contribution in [0.3, 0.4) is 0 Å². The number of rotatable bonds is 2. The lowest BCUT2D eigenvalue weighted by Gasteiger charge is -2.12. The maximum Gasteiger partial charge on any atom is 0.240 e. The molecule has 17 heavy (non-hydrogen) atoms. The van der Waals surface area contributed by atoms with Crippen LogP contribution in [0.25, 0.3) is 0 Å². The molecular formula is C11H21ClN4O.